The standard InChI is InChI=1S/C12H15N5O/c1-17-9-10(7-15-17)4-6-14-12(18)16-11-3-2-5-13-8-11/h2-3,5,7-9H,4,6H2,1H3,(H2,14,16,18). The van der Waals surface area contributed by atoms with Crippen LogP contribution in [0.15, 0.2) is 36.9 Å². The van der Waals surface area contributed by atoms with Crippen LogP contribution in [0.4, 0.5) is 10.5 Å². The maximum atomic E-state index is 11.5. The molecule has 0 aromatic carbocycles. The van der Waals surface area contributed by atoms with Gasteiger partial charge in [-0.2, -0.15) is 5.10 Å². The van der Waals surface area contributed by atoms with Crippen molar-refractivity contribution in [1.29, 1.82) is 0 Å². The number of hydrogen-bond donors (Lipinski definition) is 2. The molecule has 18 heavy (non-hydrogen) atoms. The topological polar surface area (TPSA) is 71.8 Å². The van der Waals surface area contributed by atoms with Crippen molar-refractivity contribution in [2.24, 2.45) is 7.05 Å². The number of carbonyl (C=O) groups excluding carboxylic acids is 1. The zero-order valence-electron chi connectivity index (χ0n) is 10.1. The lowest BCUT2D eigenvalue weighted by Gasteiger charge is -2.06. The molecule has 0 radical (unpaired) electrons. The maximum absolute atomic E-state index is 11.5. The fraction of sp³-hybridized carbons (Fsp3) is 0.250. The van der Waals surface area contributed by atoms with Crippen molar-refractivity contribution in [3.63, 3.8) is 0 Å². The molecule has 94 valence electrons. The van der Waals surface area contributed by atoms with Gasteiger partial charge in [-0.15, -0.1) is 0 Å². The Morgan fingerprint density at radius 3 is 3.00 bits per heavy atom. The van der Waals surface area contributed by atoms with E-state index in [0.29, 0.717) is 12.2 Å². The number of aryl methyl sites for hydroxylation is 1. The average Bonchev–Trinajstić information content (AvgIpc) is 2.76. The molecule has 2 amide bonds. The van der Waals surface area contributed by atoms with Crippen molar-refractivity contribution >= 4 is 11.7 Å². The van der Waals surface area contributed by atoms with Gasteiger partial charge >= 0.3 is 6.03 Å². The van der Waals surface area contributed by atoms with Crippen LogP contribution >= 0.6 is 0 Å². The van der Waals surface area contributed by atoms with Crippen LogP contribution in [-0.2, 0) is 13.5 Å². The minimum atomic E-state index is -0.230. The highest BCUT2D eigenvalue weighted by molar-refractivity contribution is 5.88. The highest BCUT2D eigenvalue weighted by atomic mass is 16.2. The third-order valence-electron chi connectivity index (χ3n) is 2.38. The molecule has 2 aromatic heterocycles. The summed E-state index contributed by atoms with van der Waals surface area (Å²) in [5.74, 6) is 0. The van der Waals surface area contributed by atoms with Crippen molar-refractivity contribution in [1.82, 2.24) is 20.1 Å². The zero-order valence-corrected chi connectivity index (χ0v) is 10.1. The number of nitrogens with zero attached hydrogens (tertiary/aromatic N) is 3. The molecule has 0 saturated heterocycles. The van der Waals surface area contributed by atoms with Gasteiger partial charge in [-0.3, -0.25) is 9.67 Å². The first-order valence-electron chi connectivity index (χ1n) is 5.66. The Morgan fingerprint density at radius 1 is 1.44 bits per heavy atom. The third-order valence-corrected chi connectivity index (χ3v) is 2.38. The third kappa shape index (κ3) is 3.58. The second-order valence-electron chi connectivity index (χ2n) is 3.89. The summed E-state index contributed by atoms with van der Waals surface area (Å²) < 4.78 is 1.74. The summed E-state index contributed by atoms with van der Waals surface area (Å²) in [6.45, 7) is 0.567. The molecule has 0 spiro atoms. The fourth-order valence-corrected chi connectivity index (χ4v) is 1.53. The van der Waals surface area contributed by atoms with E-state index in [1.807, 2.05) is 13.2 Å². The lowest BCUT2D eigenvalue weighted by atomic mass is 10.2. The summed E-state index contributed by atoms with van der Waals surface area (Å²) in [6, 6.07) is 3.32. The van der Waals surface area contributed by atoms with E-state index in [1.165, 1.54) is 0 Å². The summed E-state index contributed by atoms with van der Waals surface area (Å²) >= 11 is 0. The van der Waals surface area contributed by atoms with E-state index in [9.17, 15) is 4.79 Å². The van der Waals surface area contributed by atoms with E-state index in [4.69, 9.17) is 0 Å². The molecule has 2 rings (SSSR count). The predicted octanol–water partition coefficient (Wildman–Crippen LogP) is 1.18. The van der Waals surface area contributed by atoms with Crippen molar-refractivity contribution in [3.05, 3.63) is 42.5 Å². The van der Waals surface area contributed by atoms with Crippen molar-refractivity contribution in [3.8, 4) is 0 Å². The van der Waals surface area contributed by atoms with Crippen LogP contribution in [0.3, 0.4) is 0 Å². The van der Waals surface area contributed by atoms with Crippen LogP contribution in [0.25, 0.3) is 0 Å². The second-order valence-corrected chi connectivity index (χ2v) is 3.89. The molecule has 0 aliphatic rings. The first-order valence-corrected chi connectivity index (χ1v) is 5.66. The minimum Gasteiger partial charge on any atom is -0.338 e. The molecule has 6 heteroatoms. The smallest absolute Gasteiger partial charge is 0.319 e. The zero-order chi connectivity index (χ0) is 12.8. The predicted molar refractivity (Wildman–Crippen MR) is 68.2 cm³/mol. The maximum Gasteiger partial charge on any atom is 0.319 e. The summed E-state index contributed by atoms with van der Waals surface area (Å²) in [4.78, 5) is 15.5. The molecule has 6 nitrogen and oxygen atoms in total. The van der Waals surface area contributed by atoms with E-state index in [-0.39, 0.29) is 6.03 Å². The van der Waals surface area contributed by atoms with Gasteiger partial charge in [-0.25, -0.2) is 4.79 Å². The average molecular weight is 245 g/mol. The SMILES string of the molecule is Cn1cc(CCNC(=O)Nc2cccnc2)cn1. The van der Waals surface area contributed by atoms with E-state index in [0.717, 1.165) is 12.0 Å². The number of urea groups is 1. The summed E-state index contributed by atoms with van der Waals surface area (Å²) in [5, 5.41) is 9.54. The molecule has 2 heterocycles. The fourth-order valence-electron chi connectivity index (χ4n) is 1.53. The minimum absolute atomic E-state index is 0.230. The van der Waals surface area contributed by atoms with Gasteiger partial charge in [-0.1, -0.05) is 0 Å². The Balaban J connectivity index is 1.72. The highest BCUT2D eigenvalue weighted by Gasteiger charge is 2.01. The number of nitrogens with one attached hydrogen (secondary N) is 2. The number of pyridine rings is 1. The van der Waals surface area contributed by atoms with Gasteiger partial charge in [0.25, 0.3) is 0 Å². The Bertz CT molecular complexity index is 508. The first-order chi connectivity index (χ1) is 8.74. The monoisotopic (exact) mass is 245 g/mol. The molecule has 0 bridgehead atoms. The molecule has 0 aliphatic carbocycles. The molecular formula is C12H15N5O. The molecule has 0 unspecified atom stereocenters. The lowest BCUT2D eigenvalue weighted by Crippen LogP contribution is -2.30. The number of carbonyl (C=O) groups is 1. The molecule has 0 aliphatic heterocycles. The van der Waals surface area contributed by atoms with E-state index >= 15 is 0 Å². The quantitative estimate of drug-likeness (QED) is 0.849. The summed E-state index contributed by atoms with van der Waals surface area (Å²) in [5.41, 5.74) is 1.77. The Morgan fingerprint density at radius 2 is 2.33 bits per heavy atom. The van der Waals surface area contributed by atoms with Crippen LogP contribution in [0.2, 0.25) is 0 Å². The van der Waals surface area contributed by atoms with Crippen molar-refractivity contribution in [2.45, 2.75) is 6.42 Å². The van der Waals surface area contributed by atoms with Gasteiger partial charge in [0, 0.05) is 26.0 Å². The summed E-state index contributed by atoms with van der Waals surface area (Å²) in [6.07, 6.45) is 7.74. The van der Waals surface area contributed by atoms with Crippen LogP contribution in [0, 0.1) is 0 Å². The molecule has 0 fully saturated rings. The van der Waals surface area contributed by atoms with E-state index in [1.54, 1.807) is 35.4 Å². The van der Waals surface area contributed by atoms with Gasteiger partial charge in [0.15, 0.2) is 0 Å². The van der Waals surface area contributed by atoms with E-state index < -0.39 is 0 Å². The van der Waals surface area contributed by atoms with Crippen LogP contribution in [0.1, 0.15) is 5.56 Å². The molecule has 0 saturated carbocycles. The molecule has 2 N–H and O–H groups in total. The molecular weight excluding hydrogens is 230 g/mol. The Kier molecular flexibility index (Phi) is 3.90. The van der Waals surface area contributed by atoms with Gasteiger partial charge in [0.2, 0.25) is 0 Å². The highest BCUT2D eigenvalue weighted by Crippen LogP contribution is 2.01. The van der Waals surface area contributed by atoms with Crippen LogP contribution in [0.5, 0.6) is 0 Å². The number of aromatic nitrogens is 3. The molecule has 2 aromatic rings. The van der Waals surface area contributed by atoms with Crippen LogP contribution < -0.4 is 10.6 Å². The Hall–Kier alpha value is -2.37. The second kappa shape index (κ2) is 5.81. The van der Waals surface area contributed by atoms with E-state index in [2.05, 4.69) is 20.7 Å². The number of rotatable bonds is 4. The van der Waals surface area contributed by atoms with Crippen LogP contribution in [-0.4, -0.2) is 27.3 Å². The van der Waals surface area contributed by atoms with Gasteiger partial charge in [-0.05, 0) is 24.1 Å². The number of anilines is 1. The van der Waals surface area contributed by atoms with Gasteiger partial charge in [0.1, 0.15) is 0 Å². The number of hydrogen-bond acceptors (Lipinski definition) is 3. The Labute approximate surface area is 105 Å². The molecule has 0 atom stereocenters. The lowest BCUT2D eigenvalue weighted by molar-refractivity contribution is 0.252. The largest absolute Gasteiger partial charge is 0.338 e. The number of amides is 2. The summed E-state index contributed by atoms with van der Waals surface area (Å²) in [7, 11) is 1.87. The van der Waals surface area contributed by atoms with Crippen molar-refractivity contribution < 1.29 is 4.79 Å². The van der Waals surface area contributed by atoms with Gasteiger partial charge < -0.3 is 10.6 Å². The first kappa shape index (κ1) is 12.1. The normalized spacial score (nSPS) is 10.1. The van der Waals surface area contributed by atoms with Gasteiger partial charge in [0.05, 0.1) is 18.1 Å². The van der Waals surface area contributed by atoms with Crippen molar-refractivity contribution in [2.75, 3.05) is 11.9 Å².